The van der Waals surface area contributed by atoms with Crippen molar-refractivity contribution in [1.29, 1.82) is 0 Å². The van der Waals surface area contributed by atoms with E-state index < -0.39 is 0 Å². The zero-order valence-electron chi connectivity index (χ0n) is 14.5. The summed E-state index contributed by atoms with van der Waals surface area (Å²) in [4.78, 5) is 16.6. The quantitative estimate of drug-likeness (QED) is 0.892. The van der Waals surface area contributed by atoms with Crippen LogP contribution >= 0.6 is 0 Å². The summed E-state index contributed by atoms with van der Waals surface area (Å²) in [6, 6.07) is 6.33. The molecule has 0 atom stereocenters. The minimum atomic E-state index is -0.116. The summed E-state index contributed by atoms with van der Waals surface area (Å²) in [5.41, 5.74) is 3.67. The molecular weight excluding hydrogens is 316 g/mol. The van der Waals surface area contributed by atoms with E-state index in [9.17, 15) is 4.79 Å². The highest BCUT2D eigenvalue weighted by Crippen LogP contribution is 2.32. The van der Waals surface area contributed by atoms with E-state index in [2.05, 4.69) is 32.9 Å². The van der Waals surface area contributed by atoms with Gasteiger partial charge in [-0.05, 0) is 75.1 Å². The van der Waals surface area contributed by atoms with Crippen LogP contribution in [0.5, 0.6) is 0 Å². The Morgan fingerprint density at radius 1 is 1.16 bits per heavy atom. The predicted molar refractivity (Wildman–Crippen MR) is 94.7 cm³/mol. The molecule has 1 aromatic carbocycles. The number of nitrogens with zero attached hydrogens (tertiary/aromatic N) is 2. The highest BCUT2D eigenvalue weighted by atomic mass is 16.5. The lowest BCUT2D eigenvalue weighted by Crippen LogP contribution is -2.40. The molecule has 2 amide bonds. The van der Waals surface area contributed by atoms with E-state index in [-0.39, 0.29) is 12.1 Å². The lowest BCUT2D eigenvalue weighted by Gasteiger charge is -2.27. The maximum absolute atomic E-state index is 12.3. The van der Waals surface area contributed by atoms with Crippen LogP contribution in [-0.2, 0) is 12.8 Å². The van der Waals surface area contributed by atoms with Gasteiger partial charge in [-0.15, -0.1) is 0 Å². The third kappa shape index (κ3) is 3.67. The molecule has 6 nitrogen and oxygen atoms in total. The Morgan fingerprint density at radius 2 is 1.96 bits per heavy atom. The lowest BCUT2D eigenvalue weighted by molar-refractivity contribution is 0.239. The monoisotopic (exact) mass is 340 g/mol. The maximum Gasteiger partial charge on any atom is 0.319 e. The van der Waals surface area contributed by atoms with Crippen LogP contribution in [0.25, 0.3) is 0 Å². The highest BCUT2D eigenvalue weighted by molar-refractivity contribution is 5.89. The fraction of sp³-hybridized carbons (Fsp3) is 0.526. The summed E-state index contributed by atoms with van der Waals surface area (Å²) in [5, 5.41) is 9.93. The number of rotatable bonds is 3. The van der Waals surface area contributed by atoms with E-state index in [4.69, 9.17) is 4.52 Å². The van der Waals surface area contributed by atoms with Crippen LogP contribution in [-0.4, -0.2) is 22.2 Å². The van der Waals surface area contributed by atoms with E-state index in [1.807, 2.05) is 13.0 Å². The molecule has 6 heteroatoms. The predicted octanol–water partition coefficient (Wildman–Crippen LogP) is 3.71. The number of hydrogen-bond donors (Lipinski definition) is 2. The molecule has 2 aliphatic carbocycles. The van der Waals surface area contributed by atoms with Gasteiger partial charge in [-0.1, -0.05) is 11.2 Å². The Bertz CT molecular complexity index is 763. The highest BCUT2D eigenvalue weighted by Gasteiger charge is 2.27. The largest absolute Gasteiger partial charge is 0.339 e. The molecule has 4 rings (SSSR count). The first kappa shape index (κ1) is 16.1. The number of aryl methyl sites for hydroxylation is 3. The van der Waals surface area contributed by atoms with Crippen LogP contribution < -0.4 is 10.6 Å². The Kier molecular flexibility index (Phi) is 4.42. The van der Waals surface area contributed by atoms with Crippen molar-refractivity contribution in [3.05, 3.63) is 41.0 Å². The molecule has 1 saturated carbocycles. The van der Waals surface area contributed by atoms with E-state index in [1.165, 1.54) is 17.5 Å². The van der Waals surface area contributed by atoms with E-state index in [1.54, 1.807) is 0 Å². The van der Waals surface area contributed by atoms with Gasteiger partial charge in [-0.25, -0.2) is 4.79 Å². The Labute approximate surface area is 147 Å². The summed E-state index contributed by atoms with van der Waals surface area (Å²) in [6.45, 7) is 1.84. The Balaban J connectivity index is 1.27. The molecule has 0 spiro atoms. The van der Waals surface area contributed by atoms with Crippen LogP contribution in [0.3, 0.4) is 0 Å². The number of hydrogen-bond acceptors (Lipinski definition) is 4. The molecule has 0 saturated heterocycles. The Hall–Kier alpha value is -2.37. The van der Waals surface area contributed by atoms with Crippen molar-refractivity contribution in [2.24, 2.45) is 0 Å². The van der Waals surface area contributed by atoms with Crippen LogP contribution in [0.15, 0.2) is 22.7 Å². The van der Waals surface area contributed by atoms with Crippen LogP contribution in [0.4, 0.5) is 10.5 Å². The lowest BCUT2D eigenvalue weighted by atomic mass is 9.86. The molecule has 1 aromatic heterocycles. The zero-order chi connectivity index (χ0) is 17.2. The topological polar surface area (TPSA) is 80.0 Å². The molecule has 132 valence electrons. The number of anilines is 1. The van der Waals surface area contributed by atoms with Gasteiger partial charge in [0.25, 0.3) is 0 Å². The number of carbonyl (C=O) groups excluding carboxylic acids is 1. The van der Waals surface area contributed by atoms with Crippen LogP contribution in [0, 0.1) is 6.92 Å². The van der Waals surface area contributed by atoms with E-state index in [0.717, 1.165) is 50.1 Å². The van der Waals surface area contributed by atoms with Crippen molar-refractivity contribution < 1.29 is 9.32 Å². The second kappa shape index (κ2) is 6.86. The summed E-state index contributed by atoms with van der Waals surface area (Å²) >= 11 is 0. The minimum absolute atomic E-state index is 0.116. The van der Waals surface area contributed by atoms with Crippen molar-refractivity contribution in [3.63, 3.8) is 0 Å². The van der Waals surface area contributed by atoms with Crippen molar-refractivity contribution in [2.45, 2.75) is 63.8 Å². The fourth-order valence-electron chi connectivity index (χ4n) is 3.97. The Morgan fingerprint density at radius 3 is 2.72 bits per heavy atom. The molecule has 1 fully saturated rings. The number of aromatic nitrogens is 2. The third-order valence-electron chi connectivity index (χ3n) is 5.31. The van der Waals surface area contributed by atoms with E-state index >= 15 is 0 Å². The number of amides is 2. The van der Waals surface area contributed by atoms with Crippen LogP contribution in [0.1, 0.15) is 60.9 Å². The molecule has 2 N–H and O–H groups in total. The molecule has 0 aliphatic heterocycles. The molecular formula is C19H24N4O2. The number of fused-ring (bicyclic) bond motifs is 1. The van der Waals surface area contributed by atoms with Gasteiger partial charge in [0.15, 0.2) is 5.82 Å². The fourth-order valence-corrected chi connectivity index (χ4v) is 3.97. The molecule has 1 heterocycles. The average molecular weight is 340 g/mol. The second-order valence-corrected chi connectivity index (χ2v) is 7.16. The van der Waals surface area contributed by atoms with Crippen molar-refractivity contribution in [2.75, 3.05) is 5.32 Å². The van der Waals surface area contributed by atoms with Gasteiger partial charge < -0.3 is 15.2 Å². The van der Waals surface area contributed by atoms with Gasteiger partial charge >= 0.3 is 6.03 Å². The normalized spacial score (nSPS) is 22.4. The van der Waals surface area contributed by atoms with Gasteiger partial charge in [-0.3, -0.25) is 0 Å². The summed E-state index contributed by atoms with van der Waals surface area (Å²) in [5.74, 6) is 1.74. The SMILES string of the molecule is Cc1noc(C2CCC(NC(=O)Nc3ccc4c(c3)CCC4)CC2)n1. The van der Waals surface area contributed by atoms with Gasteiger partial charge in [0, 0.05) is 17.6 Å². The molecule has 0 bridgehead atoms. The molecule has 0 unspecified atom stereocenters. The molecule has 0 radical (unpaired) electrons. The van der Waals surface area contributed by atoms with Gasteiger partial charge in [0.05, 0.1) is 0 Å². The summed E-state index contributed by atoms with van der Waals surface area (Å²) in [7, 11) is 0. The van der Waals surface area contributed by atoms with Gasteiger partial charge in [0.2, 0.25) is 5.89 Å². The summed E-state index contributed by atoms with van der Waals surface area (Å²) < 4.78 is 5.27. The zero-order valence-corrected chi connectivity index (χ0v) is 14.5. The summed E-state index contributed by atoms with van der Waals surface area (Å²) in [6.07, 6.45) is 7.29. The first-order valence-electron chi connectivity index (χ1n) is 9.17. The smallest absolute Gasteiger partial charge is 0.319 e. The van der Waals surface area contributed by atoms with E-state index in [0.29, 0.717) is 11.7 Å². The van der Waals surface area contributed by atoms with Gasteiger partial charge in [-0.2, -0.15) is 4.98 Å². The number of benzene rings is 1. The van der Waals surface area contributed by atoms with Crippen molar-refractivity contribution >= 4 is 11.7 Å². The molecule has 2 aliphatic rings. The van der Waals surface area contributed by atoms with Gasteiger partial charge in [0.1, 0.15) is 0 Å². The maximum atomic E-state index is 12.3. The first-order chi connectivity index (χ1) is 12.2. The van der Waals surface area contributed by atoms with Crippen molar-refractivity contribution in [1.82, 2.24) is 15.5 Å². The minimum Gasteiger partial charge on any atom is -0.339 e. The van der Waals surface area contributed by atoms with Crippen LogP contribution in [0.2, 0.25) is 0 Å². The number of carbonyl (C=O) groups is 1. The number of nitrogens with one attached hydrogen (secondary N) is 2. The number of urea groups is 1. The second-order valence-electron chi connectivity index (χ2n) is 7.16. The molecule has 25 heavy (non-hydrogen) atoms. The third-order valence-corrected chi connectivity index (χ3v) is 5.31. The van der Waals surface area contributed by atoms with Crippen molar-refractivity contribution in [3.8, 4) is 0 Å². The average Bonchev–Trinajstić information content (AvgIpc) is 3.24. The molecule has 2 aromatic rings. The first-order valence-corrected chi connectivity index (χ1v) is 9.17. The standard InChI is InChI=1S/C19H24N4O2/c1-12-20-18(25-23-12)14-6-8-16(9-7-14)21-19(24)22-17-10-5-13-3-2-4-15(13)11-17/h5,10-11,14,16H,2-4,6-9H2,1H3,(H2,21,22,24).